The predicted octanol–water partition coefficient (Wildman–Crippen LogP) is 2.72. The molecule has 4 nitrogen and oxygen atoms in total. The van der Waals surface area contributed by atoms with Crippen molar-refractivity contribution in [1.29, 1.82) is 0 Å². The van der Waals surface area contributed by atoms with Crippen molar-refractivity contribution >= 4 is 5.91 Å². The molecule has 4 heteroatoms. The molecule has 2 N–H and O–H groups in total. The van der Waals surface area contributed by atoms with Crippen LogP contribution in [0.25, 0.3) is 0 Å². The van der Waals surface area contributed by atoms with Crippen LogP contribution in [0, 0.1) is 0 Å². The van der Waals surface area contributed by atoms with E-state index < -0.39 is 12.2 Å². The van der Waals surface area contributed by atoms with E-state index in [4.69, 9.17) is 0 Å². The Labute approximate surface area is 124 Å². The maximum Gasteiger partial charge on any atom is 0.222 e. The standard InChI is InChI=1S/C16H33NO3/c1-4-5-6-7-8-9-10-11-16(20)17(12-14(2)18)13-15(3)19/h14-15,18-19H,4-13H2,1-3H3. The number of hydrogen-bond acceptors (Lipinski definition) is 3. The van der Waals surface area contributed by atoms with Crippen LogP contribution in [0.5, 0.6) is 0 Å². The number of nitrogens with zero attached hydrogens (tertiary/aromatic N) is 1. The van der Waals surface area contributed by atoms with Gasteiger partial charge in [-0.1, -0.05) is 45.4 Å². The zero-order valence-electron chi connectivity index (χ0n) is 13.5. The molecule has 20 heavy (non-hydrogen) atoms. The molecule has 2 atom stereocenters. The van der Waals surface area contributed by atoms with E-state index in [-0.39, 0.29) is 5.91 Å². The minimum Gasteiger partial charge on any atom is -0.392 e. The topological polar surface area (TPSA) is 60.8 Å². The highest BCUT2D eigenvalue weighted by Crippen LogP contribution is 2.10. The van der Waals surface area contributed by atoms with Crippen LogP contribution in [-0.4, -0.2) is 46.3 Å². The molecule has 0 aliphatic carbocycles. The average molecular weight is 287 g/mol. The number of amides is 1. The lowest BCUT2D eigenvalue weighted by Crippen LogP contribution is -2.40. The van der Waals surface area contributed by atoms with Crippen molar-refractivity contribution in [2.24, 2.45) is 0 Å². The molecule has 0 aromatic rings. The maximum absolute atomic E-state index is 12.1. The number of carbonyl (C=O) groups is 1. The van der Waals surface area contributed by atoms with E-state index in [9.17, 15) is 15.0 Å². The second-order valence-electron chi connectivity index (χ2n) is 5.87. The quantitative estimate of drug-likeness (QED) is 0.543. The summed E-state index contributed by atoms with van der Waals surface area (Å²) >= 11 is 0. The van der Waals surface area contributed by atoms with Crippen molar-refractivity contribution < 1.29 is 15.0 Å². The SMILES string of the molecule is CCCCCCCCCC(=O)N(CC(C)O)CC(C)O. The molecule has 0 rings (SSSR count). The Balaban J connectivity index is 3.83. The van der Waals surface area contributed by atoms with Gasteiger partial charge in [0, 0.05) is 19.5 Å². The van der Waals surface area contributed by atoms with Crippen molar-refractivity contribution in [2.75, 3.05) is 13.1 Å². The number of unbranched alkanes of at least 4 members (excludes halogenated alkanes) is 6. The molecule has 0 saturated heterocycles. The molecule has 0 radical (unpaired) electrons. The van der Waals surface area contributed by atoms with E-state index in [0.29, 0.717) is 19.5 Å². The van der Waals surface area contributed by atoms with E-state index in [1.54, 1.807) is 18.7 Å². The molecule has 0 aromatic carbocycles. The van der Waals surface area contributed by atoms with Crippen LogP contribution in [0.1, 0.15) is 72.1 Å². The molecular weight excluding hydrogens is 254 g/mol. The van der Waals surface area contributed by atoms with Crippen LogP contribution < -0.4 is 0 Å². The highest BCUT2D eigenvalue weighted by Gasteiger charge is 2.16. The molecule has 0 saturated carbocycles. The van der Waals surface area contributed by atoms with Crippen LogP contribution in [0.2, 0.25) is 0 Å². The van der Waals surface area contributed by atoms with Crippen LogP contribution in [0.15, 0.2) is 0 Å². The van der Waals surface area contributed by atoms with Crippen molar-refractivity contribution in [1.82, 2.24) is 4.90 Å². The first-order valence-electron chi connectivity index (χ1n) is 8.11. The Morgan fingerprint density at radius 2 is 1.35 bits per heavy atom. The summed E-state index contributed by atoms with van der Waals surface area (Å²) in [6.07, 6.45) is 7.72. The van der Waals surface area contributed by atoms with Crippen LogP contribution in [-0.2, 0) is 4.79 Å². The summed E-state index contributed by atoms with van der Waals surface area (Å²) in [6.45, 7) is 6.14. The fourth-order valence-corrected chi connectivity index (χ4v) is 2.31. The first kappa shape index (κ1) is 19.4. The molecule has 0 fully saturated rings. The van der Waals surface area contributed by atoms with Crippen LogP contribution >= 0.6 is 0 Å². The Morgan fingerprint density at radius 1 is 0.900 bits per heavy atom. The van der Waals surface area contributed by atoms with Crippen molar-refractivity contribution in [2.45, 2.75) is 84.3 Å². The highest BCUT2D eigenvalue weighted by atomic mass is 16.3. The monoisotopic (exact) mass is 287 g/mol. The first-order valence-corrected chi connectivity index (χ1v) is 8.11. The highest BCUT2D eigenvalue weighted by molar-refractivity contribution is 5.76. The molecule has 0 bridgehead atoms. The van der Waals surface area contributed by atoms with Gasteiger partial charge in [0.2, 0.25) is 5.91 Å². The van der Waals surface area contributed by atoms with Gasteiger partial charge in [0.25, 0.3) is 0 Å². The summed E-state index contributed by atoms with van der Waals surface area (Å²) in [5.74, 6) is 0.0420. The second-order valence-corrected chi connectivity index (χ2v) is 5.87. The maximum atomic E-state index is 12.1. The molecule has 0 aliphatic heterocycles. The molecule has 120 valence electrons. The van der Waals surface area contributed by atoms with Gasteiger partial charge in [-0.05, 0) is 20.3 Å². The third-order valence-corrected chi connectivity index (χ3v) is 3.32. The largest absolute Gasteiger partial charge is 0.392 e. The fourth-order valence-electron chi connectivity index (χ4n) is 2.31. The molecule has 0 heterocycles. The van der Waals surface area contributed by atoms with Gasteiger partial charge < -0.3 is 15.1 Å². The summed E-state index contributed by atoms with van der Waals surface area (Å²) < 4.78 is 0. The fraction of sp³-hybridized carbons (Fsp3) is 0.938. The van der Waals surface area contributed by atoms with Crippen molar-refractivity contribution in [3.8, 4) is 0 Å². The van der Waals surface area contributed by atoms with Crippen LogP contribution in [0.4, 0.5) is 0 Å². The van der Waals surface area contributed by atoms with Crippen LogP contribution in [0.3, 0.4) is 0 Å². The smallest absolute Gasteiger partial charge is 0.222 e. The van der Waals surface area contributed by atoms with Gasteiger partial charge in [-0.2, -0.15) is 0 Å². The summed E-state index contributed by atoms with van der Waals surface area (Å²) in [5.41, 5.74) is 0. The van der Waals surface area contributed by atoms with E-state index >= 15 is 0 Å². The number of rotatable bonds is 12. The van der Waals surface area contributed by atoms with Gasteiger partial charge in [-0.3, -0.25) is 4.79 Å². The Kier molecular flexibility index (Phi) is 11.8. The summed E-state index contributed by atoms with van der Waals surface area (Å²) in [5, 5.41) is 18.8. The second kappa shape index (κ2) is 12.2. The Hall–Kier alpha value is -0.610. The van der Waals surface area contributed by atoms with Crippen molar-refractivity contribution in [3.63, 3.8) is 0 Å². The average Bonchev–Trinajstić information content (AvgIpc) is 2.35. The van der Waals surface area contributed by atoms with Gasteiger partial charge in [0.15, 0.2) is 0 Å². The van der Waals surface area contributed by atoms with Gasteiger partial charge in [-0.15, -0.1) is 0 Å². The molecular formula is C16H33NO3. The third-order valence-electron chi connectivity index (χ3n) is 3.32. The van der Waals surface area contributed by atoms with Crippen molar-refractivity contribution in [3.05, 3.63) is 0 Å². The lowest BCUT2D eigenvalue weighted by molar-refractivity contribution is -0.134. The zero-order chi connectivity index (χ0) is 15.4. The number of hydrogen-bond donors (Lipinski definition) is 2. The molecule has 2 unspecified atom stereocenters. The lowest BCUT2D eigenvalue weighted by atomic mass is 10.1. The predicted molar refractivity (Wildman–Crippen MR) is 82.6 cm³/mol. The van der Waals surface area contributed by atoms with E-state index in [1.807, 2.05) is 0 Å². The number of aliphatic hydroxyl groups is 2. The number of carbonyl (C=O) groups excluding carboxylic acids is 1. The molecule has 0 spiro atoms. The van der Waals surface area contributed by atoms with E-state index in [2.05, 4.69) is 6.92 Å². The Morgan fingerprint density at radius 3 is 1.80 bits per heavy atom. The zero-order valence-corrected chi connectivity index (χ0v) is 13.5. The van der Waals surface area contributed by atoms with Gasteiger partial charge in [0.1, 0.15) is 0 Å². The minimum atomic E-state index is -0.549. The summed E-state index contributed by atoms with van der Waals surface area (Å²) in [6, 6.07) is 0. The van der Waals surface area contributed by atoms with Gasteiger partial charge in [-0.25, -0.2) is 0 Å². The van der Waals surface area contributed by atoms with E-state index in [1.165, 1.54) is 32.1 Å². The lowest BCUT2D eigenvalue weighted by Gasteiger charge is -2.25. The van der Waals surface area contributed by atoms with Gasteiger partial charge in [0.05, 0.1) is 12.2 Å². The summed E-state index contributed by atoms with van der Waals surface area (Å²) in [7, 11) is 0. The third kappa shape index (κ3) is 11.2. The number of aliphatic hydroxyl groups excluding tert-OH is 2. The molecule has 0 aromatic heterocycles. The molecule has 0 aliphatic rings. The van der Waals surface area contributed by atoms with E-state index in [0.717, 1.165) is 12.8 Å². The molecule has 1 amide bonds. The Bertz CT molecular complexity index is 232. The van der Waals surface area contributed by atoms with Gasteiger partial charge >= 0.3 is 0 Å². The summed E-state index contributed by atoms with van der Waals surface area (Å²) in [4.78, 5) is 13.6. The normalized spacial score (nSPS) is 14.1. The minimum absolute atomic E-state index is 0.0420. The first-order chi connectivity index (χ1) is 9.47.